The lowest BCUT2D eigenvalue weighted by atomic mass is 10.0. The monoisotopic (exact) mass is 499 g/mol. The summed E-state index contributed by atoms with van der Waals surface area (Å²) in [6, 6.07) is 3.48. The quantitative estimate of drug-likeness (QED) is 0.191. The van der Waals surface area contributed by atoms with E-state index in [1.165, 1.54) is 12.1 Å². The molecule has 0 bridgehead atoms. The summed E-state index contributed by atoms with van der Waals surface area (Å²) in [4.78, 5) is 74.1. The van der Waals surface area contributed by atoms with E-state index in [4.69, 9.17) is 9.47 Å². The lowest BCUT2D eigenvalue weighted by Crippen LogP contribution is -2.54. The number of nitrogens with one attached hydrogen (secondary N) is 2. The molecule has 2 N–H and O–H groups in total. The maximum absolute atomic E-state index is 13.1. The molecule has 0 spiro atoms. The van der Waals surface area contributed by atoms with Gasteiger partial charge in [0.25, 0.3) is 11.8 Å². The molecule has 2 heterocycles. The molecule has 1 aromatic rings. The fourth-order valence-electron chi connectivity index (χ4n) is 3.92. The summed E-state index contributed by atoms with van der Waals surface area (Å²) in [5.41, 5.74) is 0.685. The van der Waals surface area contributed by atoms with Gasteiger partial charge in [-0.15, -0.1) is 0 Å². The van der Waals surface area contributed by atoms with Crippen molar-refractivity contribution in [1.82, 2.24) is 10.2 Å². The van der Waals surface area contributed by atoms with E-state index in [0.717, 1.165) is 17.7 Å². The lowest BCUT2D eigenvalue weighted by molar-refractivity contribution is -0.140. The van der Waals surface area contributed by atoms with Gasteiger partial charge < -0.3 is 14.8 Å². The number of esters is 1. The van der Waals surface area contributed by atoms with E-state index in [0.29, 0.717) is 18.6 Å². The average Bonchev–Trinajstić information content (AvgIpc) is 3.08. The summed E-state index contributed by atoms with van der Waals surface area (Å²) >= 11 is 0. The van der Waals surface area contributed by atoms with Crippen LogP contribution < -0.4 is 10.6 Å². The van der Waals surface area contributed by atoms with Gasteiger partial charge in [0.2, 0.25) is 17.7 Å². The number of benzene rings is 1. The van der Waals surface area contributed by atoms with Crippen LogP contribution in [0.4, 0.5) is 5.69 Å². The van der Waals surface area contributed by atoms with Crippen LogP contribution in [0.3, 0.4) is 0 Å². The van der Waals surface area contributed by atoms with Crippen molar-refractivity contribution < 1.29 is 38.2 Å². The van der Waals surface area contributed by atoms with E-state index in [-0.39, 0.29) is 55.2 Å². The van der Waals surface area contributed by atoms with E-state index in [9.17, 15) is 28.8 Å². The van der Waals surface area contributed by atoms with E-state index < -0.39 is 35.6 Å². The van der Waals surface area contributed by atoms with Crippen LogP contribution in [0.25, 0.3) is 0 Å². The molecule has 0 radical (unpaired) electrons. The molecule has 192 valence electrons. The van der Waals surface area contributed by atoms with E-state index >= 15 is 0 Å². The largest absolute Gasteiger partial charge is 0.460 e. The summed E-state index contributed by atoms with van der Waals surface area (Å²) < 4.78 is 10.3. The number of unbranched alkanes of at least 4 members (excludes halogenated alkanes) is 2. The Balaban J connectivity index is 1.44. The normalized spacial score (nSPS) is 17.0. The molecule has 11 nitrogen and oxygen atoms in total. The number of nitrogens with zero attached hydrogens (tertiary/aromatic N) is 1. The highest BCUT2D eigenvalue weighted by atomic mass is 16.6. The molecule has 5 amide bonds. The second-order valence-corrected chi connectivity index (χ2v) is 8.56. The second-order valence-electron chi connectivity index (χ2n) is 8.56. The highest BCUT2D eigenvalue weighted by Gasteiger charge is 2.45. The number of piperidine rings is 1. The van der Waals surface area contributed by atoms with Crippen LogP contribution in [0, 0.1) is 0 Å². The van der Waals surface area contributed by atoms with Gasteiger partial charge in [0.1, 0.15) is 12.6 Å². The van der Waals surface area contributed by atoms with Crippen LogP contribution >= 0.6 is 0 Å². The number of ether oxygens (including phenoxy) is 2. The first kappa shape index (κ1) is 26.7. The van der Waals surface area contributed by atoms with Gasteiger partial charge in [0, 0.05) is 25.0 Å². The Bertz CT molecular complexity index is 1100. The molecule has 2 aliphatic rings. The number of amides is 5. The van der Waals surface area contributed by atoms with Crippen LogP contribution in [0.2, 0.25) is 0 Å². The number of carbonyl (C=O) groups excluding carboxylic acids is 6. The number of fused-ring (bicyclic) bond motifs is 1. The van der Waals surface area contributed by atoms with Crippen molar-refractivity contribution in [3.63, 3.8) is 0 Å². The fraction of sp³-hybridized carbons (Fsp3) is 0.440. The molecule has 3 rings (SSSR count). The lowest BCUT2D eigenvalue weighted by Gasteiger charge is -2.27. The Morgan fingerprint density at radius 1 is 1.08 bits per heavy atom. The SMILES string of the molecule is C=C(C)C(=O)OCCOCCCCCC(=O)Nc1cccc2c1C(=O)N(C1CCC(=O)NC1=O)C2=O. The molecule has 0 aliphatic carbocycles. The highest BCUT2D eigenvalue weighted by molar-refractivity contribution is 6.26. The maximum atomic E-state index is 13.1. The summed E-state index contributed by atoms with van der Waals surface area (Å²) in [5, 5.41) is 4.84. The third kappa shape index (κ3) is 6.42. The summed E-state index contributed by atoms with van der Waals surface area (Å²) in [7, 11) is 0. The zero-order valence-corrected chi connectivity index (χ0v) is 20.1. The molecular weight excluding hydrogens is 470 g/mol. The zero-order valence-electron chi connectivity index (χ0n) is 20.1. The molecule has 11 heteroatoms. The standard InChI is InChI=1S/C25H29N3O8/c1-15(2)25(34)36-14-13-35-12-5-3-4-9-19(29)26-17-8-6-7-16-21(17)24(33)28(23(16)32)18-10-11-20(30)27-22(18)31/h6-8,18H,1,3-5,9-14H2,2H3,(H,26,29)(H,27,30,31). The molecule has 36 heavy (non-hydrogen) atoms. The molecule has 1 atom stereocenters. The Labute approximate surface area is 208 Å². The van der Waals surface area contributed by atoms with Crippen LogP contribution in [-0.2, 0) is 28.7 Å². The smallest absolute Gasteiger partial charge is 0.333 e. The first-order valence-corrected chi connectivity index (χ1v) is 11.8. The molecule has 2 aliphatic heterocycles. The molecule has 1 aromatic carbocycles. The van der Waals surface area contributed by atoms with Crippen molar-refractivity contribution in [1.29, 1.82) is 0 Å². The Kier molecular flexibility index (Phi) is 9.07. The minimum Gasteiger partial charge on any atom is -0.460 e. The minimum atomic E-state index is -1.07. The Morgan fingerprint density at radius 3 is 2.58 bits per heavy atom. The number of hydrogen-bond donors (Lipinski definition) is 2. The Hall–Kier alpha value is -3.86. The maximum Gasteiger partial charge on any atom is 0.333 e. The average molecular weight is 500 g/mol. The first-order chi connectivity index (χ1) is 17.2. The van der Waals surface area contributed by atoms with Gasteiger partial charge in [-0.3, -0.25) is 34.2 Å². The second kappa shape index (κ2) is 12.2. The van der Waals surface area contributed by atoms with E-state index in [1.54, 1.807) is 13.0 Å². The summed E-state index contributed by atoms with van der Waals surface area (Å²) in [5.74, 6) is -3.21. The highest BCUT2D eigenvalue weighted by Crippen LogP contribution is 2.32. The minimum absolute atomic E-state index is 0.0287. The predicted octanol–water partition coefficient (Wildman–Crippen LogP) is 1.72. The van der Waals surface area contributed by atoms with Gasteiger partial charge in [-0.1, -0.05) is 19.1 Å². The van der Waals surface area contributed by atoms with Crippen molar-refractivity contribution in [2.75, 3.05) is 25.1 Å². The van der Waals surface area contributed by atoms with E-state index in [2.05, 4.69) is 17.2 Å². The first-order valence-electron chi connectivity index (χ1n) is 11.8. The fourth-order valence-corrected chi connectivity index (χ4v) is 3.92. The predicted molar refractivity (Wildman–Crippen MR) is 127 cm³/mol. The summed E-state index contributed by atoms with van der Waals surface area (Å²) in [6.07, 6.45) is 2.33. The van der Waals surface area contributed by atoms with Gasteiger partial charge >= 0.3 is 5.97 Å². The molecule has 1 fully saturated rings. The zero-order chi connectivity index (χ0) is 26.2. The molecular formula is C25H29N3O8. The number of anilines is 1. The van der Waals surface area contributed by atoms with Crippen molar-refractivity contribution >= 4 is 41.2 Å². The third-order valence-electron chi connectivity index (χ3n) is 5.74. The van der Waals surface area contributed by atoms with Crippen molar-refractivity contribution in [2.45, 2.75) is 51.5 Å². The van der Waals surface area contributed by atoms with Gasteiger partial charge in [0.15, 0.2) is 0 Å². The van der Waals surface area contributed by atoms with E-state index in [1.807, 2.05) is 0 Å². The number of rotatable bonds is 12. The molecule has 1 unspecified atom stereocenters. The van der Waals surface area contributed by atoms with Gasteiger partial charge in [-0.2, -0.15) is 0 Å². The van der Waals surface area contributed by atoms with Crippen LogP contribution in [0.1, 0.15) is 66.2 Å². The van der Waals surface area contributed by atoms with Crippen molar-refractivity contribution in [3.05, 3.63) is 41.5 Å². The van der Waals surface area contributed by atoms with Gasteiger partial charge in [-0.25, -0.2) is 4.79 Å². The van der Waals surface area contributed by atoms with Gasteiger partial charge in [-0.05, 0) is 38.3 Å². The number of hydrogen-bond acceptors (Lipinski definition) is 8. The topological polar surface area (TPSA) is 148 Å². The van der Waals surface area contributed by atoms with Crippen molar-refractivity contribution in [3.8, 4) is 0 Å². The van der Waals surface area contributed by atoms with Crippen LogP contribution in [0.15, 0.2) is 30.4 Å². The summed E-state index contributed by atoms with van der Waals surface area (Å²) in [6.45, 7) is 5.95. The van der Waals surface area contributed by atoms with Crippen LogP contribution in [-0.4, -0.2) is 66.3 Å². The molecule has 1 saturated heterocycles. The van der Waals surface area contributed by atoms with Crippen LogP contribution in [0.5, 0.6) is 0 Å². The number of carbonyl (C=O) groups is 6. The molecule has 0 aromatic heterocycles. The third-order valence-corrected chi connectivity index (χ3v) is 5.74. The van der Waals surface area contributed by atoms with Crippen molar-refractivity contribution in [2.24, 2.45) is 0 Å². The molecule has 0 saturated carbocycles. The van der Waals surface area contributed by atoms with Gasteiger partial charge in [0.05, 0.1) is 23.4 Å². The number of imide groups is 2. The Morgan fingerprint density at radius 2 is 1.86 bits per heavy atom.